The lowest BCUT2D eigenvalue weighted by Gasteiger charge is -2.23. The maximum absolute atomic E-state index is 12.6. The lowest BCUT2D eigenvalue weighted by atomic mass is 10.2. The molecule has 0 bridgehead atoms. The molecule has 3 rings (SSSR count). The Morgan fingerprint density at radius 1 is 1.20 bits per heavy atom. The van der Waals surface area contributed by atoms with Crippen LogP contribution < -0.4 is 0 Å². The molecule has 2 aromatic rings. The number of carbonyl (C=O) groups excluding carboxylic acids is 1. The van der Waals surface area contributed by atoms with Gasteiger partial charge in [0.25, 0.3) is 0 Å². The summed E-state index contributed by atoms with van der Waals surface area (Å²) in [5, 5.41) is 9.32. The summed E-state index contributed by atoms with van der Waals surface area (Å²) >= 11 is 1.58. The van der Waals surface area contributed by atoms with Crippen LogP contribution in [0, 0.1) is 0 Å². The maximum Gasteiger partial charge on any atom is 0.410 e. The van der Waals surface area contributed by atoms with Crippen molar-refractivity contribution in [1.29, 1.82) is 0 Å². The predicted molar refractivity (Wildman–Crippen MR) is 114 cm³/mol. The fourth-order valence-corrected chi connectivity index (χ4v) is 4.45. The molecule has 30 heavy (non-hydrogen) atoms. The second-order valence-electron chi connectivity index (χ2n) is 6.98. The number of benzene rings is 1. The van der Waals surface area contributed by atoms with Gasteiger partial charge in [0.2, 0.25) is 6.29 Å². The molecule has 0 N–H and O–H groups in total. The first-order chi connectivity index (χ1) is 14.6. The number of aromatic nitrogens is 3. The van der Waals surface area contributed by atoms with Crippen molar-refractivity contribution in [3.8, 4) is 0 Å². The first kappa shape index (κ1) is 22.6. The fraction of sp³-hybridized carbons (Fsp3) is 0.571. The summed E-state index contributed by atoms with van der Waals surface area (Å²) in [6.07, 6.45) is 1.15. The van der Waals surface area contributed by atoms with E-state index >= 15 is 0 Å². The number of ether oxygens (including phenoxy) is 3. The molecule has 0 radical (unpaired) electrons. The molecule has 0 aliphatic carbocycles. The third kappa shape index (κ3) is 5.74. The molecule has 1 aliphatic heterocycles. The number of hydrogen-bond donors (Lipinski definition) is 0. The highest BCUT2D eigenvalue weighted by Gasteiger charge is 2.30. The number of hydrogen-bond acceptors (Lipinski definition) is 7. The van der Waals surface area contributed by atoms with E-state index in [-0.39, 0.29) is 12.1 Å². The Kier molecular flexibility index (Phi) is 8.53. The summed E-state index contributed by atoms with van der Waals surface area (Å²) in [7, 11) is 1.91. The van der Waals surface area contributed by atoms with Crippen molar-refractivity contribution in [3.05, 3.63) is 41.7 Å². The molecule has 2 heterocycles. The highest BCUT2D eigenvalue weighted by Crippen LogP contribution is 2.27. The van der Waals surface area contributed by atoms with E-state index in [1.165, 1.54) is 0 Å². The Balaban J connectivity index is 1.55. The molecule has 1 atom stereocenters. The SMILES string of the molecule is CCOC(OCC)c1nnc(SC[C@@H]2CCCN2C(=O)OCc2ccccc2)n1C. The van der Waals surface area contributed by atoms with E-state index in [0.717, 1.165) is 35.9 Å². The molecule has 9 heteroatoms. The number of nitrogens with zero attached hydrogens (tertiary/aromatic N) is 4. The van der Waals surface area contributed by atoms with Crippen molar-refractivity contribution < 1.29 is 19.0 Å². The topological polar surface area (TPSA) is 78.7 Å². The summed E-state index contributed by atoms with van der Waals surface area (Å²) in [5.74, 6) is 1.38. The van der Waals surface area contributed by atoms with E-state index in [4.69, 9.17) is 14.2 Å². The van der Waals surface area contributed by atoms with E-state index in [9.17, 15) is 4.79 Å². The van der Waals surface area contributed by atoms with E-state index in [2.05, 4.69) is 10.2 Å². The largest absolute Gasteiger partial charge is 0.445 e. The van der Waals surface area contributed by atoms with Gasteiger partial charge in [-0.1, -0.05) is 42.1 Å². The van der Waals surface area contributed by atoms with Gasteiger partial charge in [-0.25, -0.2) is 4.79 Å². The zero-order valence-corrected chi connectivity index (χ0v) is 18.6. The molecule has 0 saturated carbocycles. The molecular weight excluding hydrogens is 404 g/mol. The summed E-state index contributed by atoms with van der Waals surface area (Å²) in [6.45, 7) is 5.91. The van der Waals surface area contributed by atoms with Gasteiger partial charge in [0.1, 0.15) is 6.61 Å². The molecule has 0 spiro atoms. The van der Waals surface area contributed by atoms with Gasteiger partial charge in [0.05, 0.1) is 0 Å². The van der Waals surface area contributed by atoms with Crippen LogP contribution in [0.4, 0.5) is 4.79 Å². The normalized spacial score (nSPS) is 16.4. The van der Waals surface area contributed by atoms with Crippen LogP contribution in [0.3, 0.4) is 0 Å². The lowest BCUT2D eigenvalue weighted by Crippen LogP contribution is -2.37. The molecule has 1 fully saturated rings. The standard InChI is InChI=1S/C21H30N4O4S/c1-4-27-19(28-5-2)18-22-23-20(24(18)3)30-15-17-12-9-13-25(17)21(26)29-14-16-10-7-6-8-11-16/h6-8,10-11,17,19H,4-5,9,12-15H2,1-3H3/t17-/m0/s1. The van der Waals surface area contributed by atoms with Crippen LogP contribution in [-0.2, 0) is 27.9 Å². The summed E-state index contributed by atoms with van der Waals surface area (Å²) in [6, 6.07) is 9.85. The van der Waals surface area contributed by atoms with Crippen molar-refractivity contribution in [2.45, 2.75) is 50.8 Å². The van der Waals surface area contributed by atoms with E-state index < -0.39 is 6.29 Å². The van der Waals surface area contributed by atoms with Gasteiger partial charge in [-0.15, -0.1) is 10.2 Å². The summed E-state index contributed by atoms with van der Waals surface area (Å²) in [4.78, 5) is 14.4. The van der Waals surface area contributed by atoms with Crippen molar-refractivity contribution in [2.24, 2.45) is 7.05 Å². The number of carbonyl (C=O) groups is 1. The third-order valence-corrected chi connectivity index (χ3v) is 6.10. The van der Waals surface area contributed by atoms with Crippen LogP contribution in [0.1, 0.15) is 44.4 Å². The zero-order chi connectivity index (χ0) is 21.3. The van der Waals surface area contributed by atoms with Gasteiger partial charge in [-0.2, -0.15) is 0 Å². The van der Waals surface area contributed by atoms with Gasteiger partial charge >= 0.3 is 6.09 Å². The van der Waals surface area contributed by atoms with Crippen LogP contribution in [0.5, 0.6) is 0 Å². The van der Waals surface area contributed by atoms with Gasteiger partial charge in [0, 0.05) is 38.6 Å². The monoisotopic (exact) mass is 434 g/mol. The quantitative estimate of drug-likeness (QED) is 0.416. The Morgan fingerprint density at radius 2 is 1.93 bits per heavy atom. The van der Waals surface area contributed by atoms with E-state index in [1.807, 2.05) is 60.7 Å². The highest BCUT2D eigenvalue weighted by atomic mass is 32.2. The second-order valence-corrected chi connectivity index (χ2v) is 7.97. The molecule has 1 saturated heterocycles. The minimum atomic E-state index is -0.525. The average molecular weight is 435 g/mol. The smallest absolute Gasteiger partial charge is 0.410 e. The molecule has 164 valence electrons. The van der Waals surface area contributed by atoms with Gasteiger partial charge < -0.3 is 23.7 Å². The molecule has 1 aromatic heterocycles. The highest BCUT2D eigenvalue weighted by molar-refractivity contribution is 7.99. The van der Waals surface area contributed by atoms with Gasteiger partial charge in [-0.05, 0) is 32.3 Å². The van der Waals surface area contributed by atoms with E-state index in [1.54, 1.807) is 11.8 Å². The van der Waals surface area contributed by atoms with Crippen molar-refractivity contribution in [2.75, 3.05) is 25.5 Å². The first-order valence-corrected chi connectivity index (χ1v) is 11.3. The summed E-state index contributed by atoms with van der Waals surface area (Å²) < 4.78 is 18.7. The molecule has 1 amide bonds. The van der Waals surface area contributed by atoms with Crippen molar-refractivity contribution in [3.63, 3.8) is 0 Å². The number of amides is 1. The lowest BCUT2D eigenvalue weighted by molar-refractivity contribution is -0.146. The first-order valence-electron chi connectivity index (χ1n) is 10.4. The maximum atomic E-state index is 12.6. The fourth-order valence-electron chi connectivity index (χ4n) is 3.38. The van der Waals surface area contributed by atoms with Crippen molar-refractivity contribution >= 4 is 17.9 Å². The average Bonchev–Trinajstić information content (AvgIpc) is 3.37. The Hall–Kier alpha value is -2.10. The molecule has 1 aromatic carbocycles. The van der Waals surface area contributed by atoms with Crippen LogP contribution in [0.15, 0.2) is 35.5 Å². The summed E-state index contributed by atoms with van der Waals surface area (Å²) in [5.41, 5.74) is 0.987. The number of rotatable bonds is 10. The van der Waals surface area contributed by atoms with Crippen LogP contribution in [-0.4, -0.2) is 57.3 Å². The minimum absolute atomic E-state index is 0.119. The minimum Gasteiger partial charge on any atom is -0.445 e. The van der Waals surface area contributed by atoms with Gasteiger partial charge in [-0.3, -0.25) is 0 Å². The Morgan fingerprint density at radius 3 is 2.63 bits per heavy atom. The molecular formula is C21H30N4O4S. The number of thioether (sulfide) groups is 1. The van der Waals surface area contributed by atoms with Crippen molar-refractivity contribution in [1.82, 2.24) is 19.7 Å². The third-order valence-electron chi connectivity index (χ3n) is 4.94. The Labute approximate surface area is 181 Å². The van der Waals surface area contributed by atoms with Crippen LogP contribution in [0.25, 0.3) is 0 Å². The molecule has 8 nitrogen and oxygen atoms in total. The van der Waals surface area contributed by atoms with Gasteiger partial charge in [0.15, 0.2) is 11.0 Å². The van der Waals surface area contributed by atoms with Crippen LogP contribution in [0.2, 0.25) is 0 Å². The van der Waals surface area contributed by atoms with E-state index in [0.29, 0.717) is 25.6 Å². The van der Waals surface area contributed by atoms with Crippen LogP contribution >= 0.6 is 11.8 Å². The predicted octanol–water partition coefficient (Wildman–Crippen LogP) is 3.78. The number of likely N-dealkylation sites (tertiary alicyclic amines) is 1. The Bertz CT molecular complexity index is 796. The zero-order valence-electron chi connectivity index (χ0n) is 17.8. The molecule has 1 aliphatic rings. The second kappa shape index (κ2) is 11.3. The molecule has 0 unspecified atom stereocenters.